The van der Waals surface area contributed by atoms with E-state index in [1.54, 1.807) is 0 Å². The Kier molecular flexibility index (Phi) is 4.09. The van der Waals surface area contributed by atoms with Gasteiger partial charge in [0, 0.05) is 17.5 Å². The van der Waals surface area contributed by atoms with Crippen LogP contribution in [0.1, 0.15) is 12.0 Å². The highest BCUT2D eigenvalue weighted by molar-refractivity contribution is 5.94. The first-order valence-corrected chi connectivity index (χ1v) is 8.37. The molecule has 3 aromatic rings. The van der Waals surface area contributed by atoms with E-state index in [9.17, 15) is 0 Å². The predicted molar refractivity (Wildman–Crippen MR) is 94.7 cm³/mol. The standard InChI is InChI=1S/C19H21N3O2/c1-13-3-4-14-11-18(13)24-10-8-20-7-2-9-23-15-5-6-17-16(12-15)19(14)22-21-17/h3-6,11-12,20H,2,7-10H2,1H3,(H,21,22). The minimum Gasteiger partial charge on any atom is -0.494 e. The number of ether oxygens (including phenoxy) is 2. The summed E-state index contributed by atoms with van der Waals surface area (Å²) in [5.74, 6) is 1.79. The van der Waals surface area contributed by atoms with E-state index in [-0.39, 0.29) is 0 Å². The van der Waals surface area contributed by atoms with Crippen molar-refractivity contribution in [2.45, 2.75) is 13.3 Å². The second-order valence-electron chi connectivity index (χ2n) is 6.06. The number of rotatable bonds is 0. The third kappa shape index (κ3) is 2.95. The maximum Gasteiger partial charge on any atom is 0.122 e. The Bertz CT molecular complexity index is 857. The number of aromatic nitrogens is 2. The smallest absolute Gasteiger partial charge is 0.122 e. The molecule has 2 N–H and O–H groups in total. The lowest BCUT2D eigenvalue weighted by Gasteiger charge is -2.11. The van der Waals surface area contributed by atoms with Gasteiger partial charge < -0.3 is 14.8 Å². The van der Waals surface area contributed by atoms with Crippen molar-refractivity contribution in [2.75, 3.05) is 26.3 Å². The van der Waals surface area contributed by atoms with Gasteiger partial charge in [-0.1, -0.05) is 12.1 Å². The molecule has 5 nitrogen and oxygen atoms in total. The zero-order valence-electron chi connectivity index (χ0n) is 13.8. The highest BCUT2D eigenvalue weighted by Crippen LogP contribution is 2.32. The topological polar surface area (TPSA) is 59.2 Å². The summed E-state index contributed by atoms with van der Waals surface area (Å²) < 4.78 is 11.8. The maximum atomic E-state index is 5.95. The van der Waals surface area contributed by atoms with Crippen LogP contribution in [0, 0.1) is 6.92 Å². The molecule has 0 saturated heterocycles. The lowest BCUT2D eigenvalue weighted by atomic mass is 10.1. The van der Waals surface area contributed by atoms with Crippen LogP contribution in [0.5, 0.6) is 11.5 Å². The zero-order chi connectivity index (χ0) is 16.4. The van der Waals surface area contributed by atoms with Crippen molar-refractivity contribution in [3.63, 3.8) is 0 Å². The van der Waals surface area contributed by atoms with Gasteiger partial charge in [0.05, 0.1) is 12.1 Å². The van der Waals surface area contributed by atoms with Crippen molar-refractivity contribution in [1.82, 2.24) is 15.5 Å². The molecule has 0 spiro atoms. The van der Waals surface area contributed by atoms with Crippen LogP contribution in [0.2, 0.25) is 0 Å². The van der Waals surface area contributed by atoms with E-state index in [1.807, 2.05) is 12.1 Å². The number of aromatic amines is 1. The molecular formula is C19H21N3O2. The summed E-state index contributed by atoms with van der Waals surface area (Å²) in [7, 11) is 0. The molecule has 124 valence electrons. The first kappa shape index (κ1) is 15.0. The number of benzene rings is 2. The van der Waals surface area contributed by atoms with E-state index in [0.29, 0.717) is 13.2 Å². The van der Waals surface area contributed by atoms with Crippen LogP contribution < -0.4 is 14.8 Å². The lowest BCUT2D eigenvalue weighted by Crippen LogP contribution is -2.23. The highest BCUT2D eigenvalue weighted by atomic mass is 16.5. The molecule has 1 aliphatic heterocycles. The second-order valence-corrected chi connectivity index (χ2v) is 6.06. The Morgan fingerprint density at radius 3 is 2.92 bits per heavy atom. The molecule has 0 radical (unpaired) electrons. The largest absolute Gasteiger partial charge is 0.494 e. The SMILES string of the molecule is Cc1ccc2cc1OCCNCCCOc1ccc3[nH]nc-2c3c1. The summed E-state index contributed by atoms with van der Waals surface area (Å²) in [5, 5.41) is 12.0. The molecule has 0 unspecified atom stereocenters. The van der Waals surface area contributed by atoms with Gasteiger partial charge in [-0.25, -0.2) is 0 Å². The molecule has 0 fully saturated rings. The van der Waals surface area contributed by atoms with E-state index in [0.717, 1.165) is 58.7 Å². The summed E-state index contributed by atoms with van der Waals surface area (Å²) in [4.78, 5) is 0. The van der Waals surface area contributed by atoms with E-state index < -0.39 is 0 Å². The van der Waals surface area contributed by atoms with Crippen LogP contribution >= 0.6 is 0 Å². The monoisotopic (exact) mass is 323 g/mol. The average molecular weight is 323 g/mol. The molecule has 1 aliphatic rings. The van der Waals surface area contributed by atoms with Crippen LogP contribution in [0.4, 0.5) is 0 Å². The normalized spacial score (nSPS) is 15.4. The van der Waals surface area contributed by atoms with Crippen LogP contribution in [0.15, 0.2) is 36.4 Å². The number of nitrogens with one attached hydrogen (secondary N) is 2. The van der Waals surface area contributed by atoms with E-state index >= 15 is 0 Å². The molecule has 5 heteroatoms. The van der Waals surface area contributed by atoms with Gasteiger partial charge in [-0.05, 0) is 49.7 Å². The van der Waals surface area contributed by atoms with Gasteiger partial charge in [0.25, 0.3) is 0 Å². The maximum absolute atomic E-state index is 5.95. The summed E-state index contributed by atoms with van der Waals surface area (Å²) in [6.45, 7) is 5.15. The first-order valence-electron chi connectivity index (χ1n) is 8.37. The molecule has 2 heterocycles. The van der Waals surface area contributed by atoms with E-state index in [2.05, 4.69) is 46.7 Å². The molecule has 1 aromatic heterocycles. The summed E-state index contributed by atoms with van der Waals surface area (Å²) in [6.07, 6.45) is 0.961. The van der Waals surface area contributed by atoms with E-state index in [1.165, 1.54) is 0 Å². The summed E-state index contributed by atoms with van der Waals surface area (Å²) in [6, 6.07) is 12.3. The molecule has 0 aliphatic carbocycles. The molecule has 4 rings (SSSR count). The fourth-order valence-electron chi connectivity index (χ4n) is 2.95. The Morgan fingerprint density at radius 2 is 1.96 bits per heavy atom. The second kappa shape index (κ2) is 6.53. The van der Waals surface area contributed by atoms with Gasteiger partial charge in [0.2, 0.25) is 0 Å². The van der Waals surface area contributed by atoms with Crippen molar-refractivity contribution in [1.29, 1.82) is 0 Å². The van der Waals surface area contributed by atoms with Crippen LogP contribution in [-0.4, -0.2) is 36.5 Å². The fourth-order valence-corrected chi connectivity index (χ4v) is 2.95. The molecule has 24 heavy (non-hydrogen) atoms. The average Bonchev–Trinajstić information content (AvgIpc) is 3.01. The zero-order valence-corrected chi connectivity index (χ0v) is 13.8. The van der Waals surface area contributed by atoms with Gasteiger partial charge in [-0.15, -0.1) is 0 Å². The summed E-state index contributed by atoms with van der Waals surface area (Å²) in [5.41, 5.74) is 4.11. The molecule has 2 aromatic carbocycles. The number of H-pyrrole nitrogens is 1. The van der Waals surface area contributed by atoms with E-state index in [4.69, 9.17) is 9.47 Å². The summed E-state index contributed by atoms with van der Waals surface area (Å²) >= 11 is 0. The number of fused-ring (bicyclic) bond motifs is 4. The molecular weight excluding hydrogens is 302 g/mol. The Hall–Kier alpha value is -2.53. The van der Waals surface area contributed by atoms with Crippen molar-refractivity contribution in [3.8, 4) is 22.8 Å². The van der Waals surface area contributed by atoms with Crippen molar-refractivity contribution >= 4 is 10.9 Å². The van der Waals surface area contributed by atoms with Gasteiger partial charge in [-0.2, -0.15) is 5.10 Å². The van der Waals surface area contributed by atoms with Gasteiger partial charge in [0.15, 0.2) is 0 Å². The predicted octanol–water partition coefficient (Wildman–Crippen LogP) is 3.29. The Balaban J connectivity index is 1.80. The Labute approximate surface area is 141 Å². The fraction of sp³-hybridized carbons (Fsp3) is 0.316. The van der Waals surface area contributed by atoms with Crippen molar-refractivity contribution in [2.24, 2.45) is 0 Å². The highest BCUT2D eigenvalue weighted by Gasteiger charge is 2.12. The van der Waals surface area contributed by atoms with Gasteiger partial charge >= 0.3 is 0 Å². The number of nitrogens with zero attached hydrogens (tertiary/aromatic N) is 1. The van der Waals surface area contributed by atoms with Crippen LogP contribution in [-0.2, 0) is 0 Å². The molecule has 0 saturated carbocycles. The number of hydrogen-bond donors (Lipinski definition) is 2. The molecule has 0 amide bonds. The Morgan fingerprint density at radius 1 is 1.00 bits per heavy atom. The first-order chi connectivity index (χ1) is 11.8. The third-order valence-corrected chi connectivity index (χ3v) is 4.30. The quantitative estimate of drug-likeness (QED) is 0.666. The third-order valence-electron chi connectivity index (χ3n) is 4.30. The molecule has 4 bridgehead atoms. The molecule has 0 atom stereocenters. The van der Waals surface area contributed by atoms with Gasteiger partial charge in [0.1, 0.15) is 23.8 Å². The lowest BCUT2D eigenvalue weighted by molar-refractivity contribution is 0.294. The van der Waals surface area contributed by atoms with Crippen LogP contribution in [0.25, 0.3) is 22.2 Å². The van der Waals surface area contributed by atoms with Crippen molar-refractivity contribution < 1.29 is 9.47 Å². The van der Waals surface area contributed by atoms with Crippen LogP contribution in [0.3, 0.4) is 0 Å². The minimum atomic E-state index is 0.648. The number of aryl methyl sites for hydroxylation is 1. The minimum absolute atomic E-state index is 0.648. The number of hydrogen-bond acceptors (Lipinski definition) is 4. The van der Waals surface area contributed by atoms with Crippen molar-refractivity contribution in [3.05, 3.63) is 42.0 Å². The van der Waals surface area contributed by atoms with Gasteiger partial charge in [-0.3, -0.25) is 5.10 Å².